The van der Waals surface area contributed by atoms with Crippen LogP contribution in [0.2, 0.25) is 0 Å². The zero-order chi connectivity index (χ0) is 15.0. The van der Waals surface area contributed by atoms with E-state index < -0.39 is 0 Å². The molecule has 0 N–H and O–H groups in total. The van der Waals surface area contributed by atoms with E-state index in [-0.39, 0.29) is 0 Å². The molecule has 0 saturated heterocycles. The molecule has 0 aromatic heterocycles. The summed E-state index contributed by atoms with van der Waals surface area (Å²) >= 11 is 0. The maximum absolute atomic E-state index is 4.74. The highest BCUT2D eigenvalue weighted by Gasteiger charge is 2.28. The molecule has 1 unspecified atom stereocenters. The molecule has 2 atom stereocenters. The van der Waals surface area contributed by atoms with Gasteiger partial charge in [0.1, 0.15) is 0 Å². The van der Waals surface area contributed by atoms with E-state index in [9.17, 15) is 0 Å². The van der Waals surface area contributed by atoms with Crippen LogP contribution in [-0.2, 0) is 0 Å². The molecule has 0 fully saturated rings. The molecule has 3 aliphatic rings. The van der Waals surface area contributed by atoms with Crippen molar-refractivity contribution in [2.45, 2.75) is 40.5 Å². The third-order valence-electron chi connectivity index (χ3n) is 4.90. The molecular weight excluding hydrogens is 254 g/mol. The van der Waals surface area contributed by atoms with Crippen LogP contribution in [0.5, 0.6) is 0 Å². The van der Waals surface area contributed by atoms with E-state index in [1.807, 2.05) is 6.20 Å². The lowest BCUT2D eigenvalue weighted by atomic mass is 9.75. The summed E-state index contributed by atoms with van der Waals surface area (Å²) in [5, 5.41) is 0. The van der Waals surface area contributed by atoms with Crippen molar-refractivity contribution in [2.24, 2.45) is 22.7 Å². The minimum atomic E-state index is 0.520. The number of nitrogens with zero attached hydrogens (tertiary/aromatic N) is 1. The molecule has 3 rings (SSSR count). The van der Waals surface area contributed by atoms with Gasteiger partial charge in [0.15, 0.2) is 0 Å². The normalized spacial score (nSPS) is 28.3. The van der Waals surface area contributed by atoms with Gasteiger partial charge in [-0.25, -0.2) is 0 Å². The Morgan fingerprint density at radius 3 is 2.81 bits per heavy atom. The van der Waals surface area contributed by atoms with Crippen LogP contribution in [0, 0.1) is 17.8 Å². The number of hydrogen-bond acceptors (Lipinski definition) is 1. The van der Waals surface area contributed by atoms with Crippen LogP contribution < -0.4 is 0 Å². The standard InChI is InChI=1S/C20H25N/c1-13(2)18-11-15(4)19(12-14(18)3)20-17-8-6-5-7-16(17)9-10-21-20/h5-6,8-10,12-13,15-16H,7,11H2,1-4H3/t15?,16-/m0/s1. The van der Waals surface area contributed by atoms with Gasteiger partial charge >= 0.3 is 0 Å². The quantitative estimate of drug-likeness (QED) is 0.642. The van der Waals surface area contributed by atoms with Crippen molar-refractivity contribution in [2.75, 3.05) is 0 Å². The minimum Gasteiger partial charge on any atom is -0.257 e. The summed E-state index contributed by atoms with van der Waals surface area (Å²) in [5.41, 5.74) is 7.10. The Morgan fingerprint density at radius 2 is 2.05 bits per heavy atom. The highest BCUT2D eigenvalue weighted by Crippen LogP contribution is 2.38. The Bertz CT molecular complexity index is 620. The first-order chi connectivity index (χ1) is 10.1. The topological polar surface area (TPSA) is 12.4 Å². The van der Waals surface area contributed by atoms with Gasteiger partial charge in [-0.2, -0.15) is 0 Å². The predicted molar refractivity (Wildman–Crippen MR) is 91.3 cm³/mol. The van der Waals surface area contributed by atoms with Gasteiger partial charge in [0.05, 0.1) is 5.71 Å². The summed E-state index contributed by atoms with van der Waals surface area (Å²) in [5.74, 6) is 1.72. The van der Waals surface area contributed by atoms with E-state index in [4.69, 9.17) is 4.99 Å². The van der Waals surface area contributed by atoms with Crippen LogP contribution in [0.3, 0.4) is 0 Å². The maximum Gasteiger partial charge on any atom is 0.0702 e. The Labute approximate surface area is 128 Å². The van der Waals surface area contributed by atoms with Gasteiger partial charge in [0.2, 0.25) is 0 Å². The first-order valence-corrected chi connectivity index (χ1v) is 8.11. The molecule has 0 bridgehead atoms. The summed E-state index contributed by atoms with van der Waals surface area (Å²) in [6, 6.07) is 0. The smallest absolute Gasteiger partial charge is 0.0702 e. The fourth-order valence-electron chi connectivity index (χ4n) is 3.68. The third kappa shape index (κ3) is 2.62. The Morgan fingerprint density at radius 1 is 1.24 bits per heavy atom. The number of aliphatic imine (C=N–C) groups is 1. The summed E-state index contributed by atoms with van der Waals surface area (Å²) in [7, 11) is 0. The first-order valence-electron chi connectivity index (χ1n) is 8.11. The van der Waals surface area contributed by atoms with Gasteiger partial charge in [-0.15, -0.1) is 0 Å². The van der Waals surface area contributed by atoms with Gasteiger partial charge in [-0.05, 0) is 42.7 Å². The van der Waals surface area contributed by atoms with Crippen molar-refractivity contribution in [3.8, 4) is 0 Å². The van der Waals surface area contributed by atoms with Crippen LogP contribution in [0.4, 0.5) is 0 Å². The zero-order valence-electron chi connectivity index (χ0n) is 13.6. The second-order valence-corrected chi connectivity index (χ2v) is 6.78. The van der Waals surface area contributed by atoms with Gasteiger partial charge in [-0.3, -0.25) is 4.99 Å². The lowest BCUT2D eigenvalue weighted by Gasteiger charge is -2.31. The summed E-state index contributed by atoms with van der Waals surface area (Å²) < 4.78 is 0. The first kappa shape index (κ1) is 14.3. The molecule has 1 nitrogen and oxygen atoms in total. The second kappa shape index (κ2) is 5.63. The molecule has 1 aliphatic heterocycles. The van der Waals surface area contributed by atoms with Crippen LogP contribution in [-0.4, -0.2) is 5.71 Å². The van der Waals surface area contributed by atoms with Crippen LogP contribution in [0.25, 0.3) is 0 Å². The van der Waals surface area contributed by atoms with Gasteiger partial charge in [-0.1, -0.05) is 62.3 Å². The average Bonchev–Trinajstić information content (AvgIpc) is 2.48. The fourth-order valence-corrected chi connectivity index (χ4v) is 3.68. The molecule has 0 aromatic carbocycles. The average molecular weight is 279 g/mol. The largest absolute Gasteiger partial charge is 0.257 e. The zero-order valence-corrected chi connectivity index (χ0v) is 13.6. The molecule has 0 aromatic rings. The Balaban J connectivity index is 2.02. The number of fused-ring (bicyclic) bond motifs is 1. The Kier molecular flexibility index (Phi) is 3.84. The van der Waals surface area contributed by atoms with E-state index in [0.717, 1.165) is 6.42 Å². The number of allylic oxidation sites excluding steroid dienone is 9. The number of hydrogen-bond donors (Lipinski definition) is 0. The molecule has 2 aliphatic carbocycles. The highest BCUT2D eigenvalue weighted by atomic mass is 14.7. The molecule has 0 amide bonds. The molecule has 1 heteroatoms. The highest BCUT2D eigenvalue weighted by molar-refractivity contribution is 6.14. The third-order valence-corrected chi connectivity index (χ3v) is 4.90. The van der Waals surface area contributed by atoms with Crippen molar-refractivity contribution in [3.05, 3.63) is 58.9 Å². The molecular formula is C20H25N. The van der Waals surface area contributed by atoms with Crippen LogP contribution in [0.15, 0.2) is 63.9 Å². The molecule has 21 heavy (non-hydrogen) atoms. The van der Waals surface area contributed by atoms with E-state index >= 15 is 0 Å². The fraction of sp³-hybridized carbons (Fsp3) is 0.450. The SMILES string of the molecule is CC1=C(C(C)C)CC(C)C(C2=NC=C[C@@H]3CC=CC=C23)=C1. The predicted octanol–water partition coefficient (Wildman–Crippen LogP) is 5.40. The lowest BCUT2D eigenvalue weighted by molar-refractivity contribution is 0.602. The summed E-state index contributed by atoms with van der Waals surface area (Å²) in [4.78, 5) is 4.74. The molecule has 0 spiro atoms. The van der Waals surface area contributed by atoms with Crippen molar-refractivity contribution in [1.29, 1.82) is 0 Å². The van der Waals surface area contributed by atoms with Gasteiger partial charge < -0.3 is 0 Å². The van der Waals surface area contributed by atoms with Gasteiger partial charge in [0.25, 0.3) is 0 Å². The van der Waals surface area contributed by atoms with Gasteiger partial charge in [0, 0.05) is 12.1 Å². The van der Waals surface area contributed by atoms with Crippen molar-refractivity contribution < 1.29 is 0 Å². The maximum atomic E-state index is 4.74. The lowest BCUT2D eigenvalue weighted by Crippen LogP contribution is -2.23. The second-order valence-electron chi connectivity index (χ2n) is 6.78. The van der Waals surface area contributed by atoms with E-state index in [0.29, 0.717) is 17.8 Å². The molecule has 0 saturated carbocycles. The van der Waals surface area contributed by atoms with Crippen LogP contribution >= 0.6 is 0 Å². The van der Waals surface area contributed by atoms with E-state index in [2.05, 4.69) is 58.1 Å². The van der Waals surface area contributed by atoms with Crippen LogP contribution in [0.1, 0.15) is 40.5 Å². The van der Waals surface area contributed by atoms with E-state index in [1.54, 1.807) is 5.57 Å². The summed E-state index contributed by atoms with van der Waals surface area (Å²) in [6.45, 7) is 9.20. The molecule has 110 valence electrons. The van der Waals surface area contributed by atoms with Crippen molar-refractivity contribution in [1.82, 2.24) is 0 Å². The monoisotopic (exact) mass is 279 g/mol. The summed E-state index contributed by atoms with van der Waals surface area (Å²) in [6.07, 6.45) is 15.6. The van der Waals surface area contributed by atoms with E-state index in [1.165, 1.54) is 28.9 Å². The number of rotatable bonds is 2. The minimum absolute atomic E-state index is 0.520. The van der Waals surface area contributed by atoms with Crippen molar-refractivity contribution >= 4 is 5.71 Å². The Hall–Kier alpha value is -1.63. The molecule has 1 heterocycles. The van der Waals surface area contributed by atoms with Crippen molar-refractivity contribution in [3.63, 3.8) is 0 Å². The molecule has 0 radical (unpaired) electrons.